The number of benzene rings is 1. The molecule has 2 heteroatoms. The second-order valence-electron chi connectivity index (χ2n) is 3.21. The van der Waals surface area contributed by atoms with E-state index in [0.717, 1.165) is 0 Å². The molecule has 0 radical (unpaired) electrons. The van der Waals surface area contributed by atoms with E-state index in [1.54, 1.807) is 11.8 Å². The maximum Gasteiger partial charge on any atom is 0.164 e. The summed E-state index contributed by atoms with van der Waals surface area (Å²) in [4.78, 5) is 1.29. The van der Waals surface area contributed by atoms with Gasteiger partial charge in [0.1, 0.15) is 14.1 Å². The highest BCUT2D eigenvalue weighted by molar-refractivity contribution is 8.07. The average Bonchev–Trinajstić information content (AvgIpc) is 2.20. The minimum Gasteiger partial charge on any atom is -0.241 e. The Labute approximate surface area is 90.2 Å². The number of nitrogens with zero attached hydrogens (tertiary/aromatic N) is 1. The number of allylic oxidation sites excluding steroid dienone is 1. The lowest BCUT2D eigenvalue weighted by atomic mass is 10.2. The van der Waals surface area contributed by atoms with Crippen LogP contribution in [-0.2, 0) is 0 Å². The molecule has 0 saturated carbocycles. The molecule has 0 aliphatic rings. The van der Waals surface area contributed by atoms with Crippen LogP contribution < -0.4 is 0 Å². The normalized spacial score (nSPS) is 11.2. The van der Waals surface area contributed by atoms with E-state index in [9.17, 15) is 0 Å². The van der Waals surface area contributed by atoms with Crippen molar-refractivity contribution >= 4 is 22.9 Å². The first-order valence-electron chi connectivity index (χ1n) is 4.55. The van der Waals surface area contributed by atoms with E-state index < -0.39 is 0 Å². The van der Waals surface area contributed by atoms with Gasteiger partial charge in [0.05, 0.1) is 0 Å². The van der Waals surface area contributed by atoms with Gasteiger partial charge in [-0.15, -0.1) is 11.8 Å². The van der Waals surface area contributed by atoms with Crippen LogP contribution in [0.4, 0.5) is 0 Å². The van der Waals surface area contributed by atoms with Gasteiger partial charge in [0, 0.05) is 11.0 Å². The molecule has 14 heavy (non-hydrogen) atoms. The SMILES string of the molecule is CSC(=CC=[N+](C)C)c1ccccc1. The molecule has 0 amide bonds. The smallest absolute Gasteiger partial charge is 0.164 e. The molecule has 1 rings (SSSR count). The van der Waals surface area contributed by atoms with E-state index in [-0.39, 0.29) is 0 Å². The van der Waals surface area contributed by atoms with Gasteiger partial charge in [0.2, 0.25) is 0 Å². The van der Waals surface area contributed by atoms with Gasteiger partial charge in [-0.25, -0.2) is 4.58 Å². The predicted molar refractivity (Wildman–Crippen MR) is 66.1 cm³/mol. The van der Waals surface area contributed by atoms with Gasteiger partial charge in [-0.05, 0) is 11.8 Å². The standard InChI is InChI=1S/C12H16NS/c1-13(2)10-9-12(14-3)11-7-5-4-6-8-11/h4-10H,1-3H3/q+1. The molecular formula is C12H16NS+. The van der Waals surface area contributed by atoms with Gasteiger partial charge >= 0.3 is 0 Å². The molecule has 0 aliphatic carbocycles. The molecule has 0 N–H and O–H groups in total. The molecule has 0 fully saturated rings. The van der Waals surface area contributed by atoms with E-state index in [1.165, 1.54) is 10.5 Å². The highest BCUT2D eigenvalue weighted by Gasteiger charge is 1.97. The fraction of sp³-hybridized carbons (Fsp3) is 0.250. The predicted octanol–water partition coefficient (Wildman–Crippen LogP) is 2.73. The van der Waals surface area contributed by atoms with E-state index in [1.807, 2.05) is 24.7 Å². The summed E-state index contributed by atoms with van der Waals surface area (Å²) >= 11 is 1.77. The Kier molecular flexibility index (Phi) is 4.47. The fourth-order valence-electron chi connectivity index (χ4n) is 1.10. The van der Waals surface area contributed by atoms with E-state index in [0.29, 0.717) is 0 Å². The molecule has 1 aromatic carbocycles. The van der Waals surface area contributed by atoms with Gasteiger partial charge in [-0.3, -0.25) is 0 Å². The summed E-state index contributed by atoms with van der Waals surface area (Å²) < 4.78 is 2.04. The Hall–Kier alpha value is -1.02. The molecular weight excluding hydrogens is 190 g/mol. The molecule has 0 aromatic heterocycles. The lowest BCUT2D eigenvalue weighted by Crippen LogP contribution is -1.96. The molecule has 1 nitrogen and oxygen atoms in total. The van der Waals surface area contributed by atoms with Crippen molar-refractivity contribution in [3.05, 3.63) is 42.0 Å². The monoisotopic (exact) mass is 206 g/mol. The number of rotatable bonds is 3. The quantitative estimate of drug-likeness (QED) is 0.543. The largest absolute Gasteiger partial charge is 0.241 e. The van der Waals surface area contributed by atoms with Gasteiger partial charge in [-0.1, -0.05) is 30.3 Å². The van der Waals surface area contributed by atoms with Gasteiger partial charge in [0.25, 0.3) is 0 Å². The summed E-state index contributed by atoms with van der Waals surface area (Å²) in [6, 6.07) is 10.4. The Morgan fingerprint density at radius 1 is 1.21 bits per heavy atom. The maximum absolute atomic E-state index is 2.14. The van der Waals surface area contributed by atoms with E-state index in [4.69, 9.17) is 0 Å². The molecule has 0 saturated heterocycles. The maximum atomic E-state index is 2.14. The fourth-order valence-corrected chi connectivity index (χ4v) is 1.67. The van der Waals surface area contributed by atoms with Crippen LogP contribution in [0.2, 0.25) is 0 Å². The zero-order valence-electron chi connectivity index (χ0n) is 8.90. The van der Waals surface area contributed by atoms with Crippen LogP contribution in [-0.4, -0.2) is 31.1 Å². The van der Waals surface area contributed by atoms with Crippen LogP contribution in [0.15, 0.2) is 36.4 Å². The molecule has 1 aromatic rings. The summed E-state index contributed by atoms with van der Waals surface area (Å²) in [5, 5.41) is 0. The molecule has 0 aliphatic heterocycles. The van der Waals surface area contributed by atoms with Gasteiger partial charge < -0.3 is 0 Å². The summed E-state index contributed by atoms with van der Waals surface area (Å²) in [5.74, 6) is 0. The summed E-state index contributed by atoms with van der Waals surface area (Å²) in [6.45, 7) is 0. The second-order valence-corrected chi connectivity index (χ2v) is 4.06. The van der Waals surface area contributed by atoms with Crippen molar-refractivity contribution in [2.75, 3.05) is 20.4 Å². The highest BCUT2D eigenvalue weighted by atomic mass is 32.2. The number of hydrogen-bond donors (Lipinski definition) is 0. The Bertz CT molecular complexity index is 335. The molecule has 0 unspecified atom stereocenters. The van der Waals surface area contributed by atoms with Crippen LogP contribution in [0.1, 0.15) is 5.56 Å². The molecule has 0 heterocycles. The van der Waals surface area contributed by atoms with Crippen molar-refractivity contribution in [3.8, 4) is 0 Å². The van der Waals surface area contributed by atoms with Crippen molar-refractivity contribution in [1.82, 2.24) is 0 Å². The average molecular weight is 206 g/mol. The van der Waals surface area contributed by atoms with Crippen molar-refractivity contribution in [1.29, 1.82) is 0 Å². The van der Waals surface area contributed by atoms with Gasteiger partial charge in [-0.2, -0.15) is 0 Å². The highest BCUT2D eigenvalue weighted by Crippen LogP contribution is 2.23. The molecule has 0 bridgehead atoms. The number of hydrogen-bond acceptors (Lipinski definition) is 1. The first kappa shape index (κ1) is 11.1. The Morgan fingerprint density at radius 3 is 2.36 bits per heavy atom. The topological polar surface area (TPSA) is 3.01 Å². The third-order valence-corrected chi connectivity index (χ3v) is 2.61. The van der Waals surface area contributed by atoms with Crippen LogP contribution >= 0.6 is 11.8 Å². The van der Waals surface area contributed by atoms with Crippen LogP contribution in [0.25, 0.3) is 4.91 Å². The second kappa shape index (κ2) is 5.66. The summed E-state index contributed by atoms with van der Waals surface area (Å²) in [5.41, 5.74) is 1.28. The Morgan fingerprint density at radius 2 is 1.86 bits per heavy atom. The van der Waals surface area contributed by atoms with E-state index >= 15 is 0 Å². The van der Waals surface area contributed by atoms with Crippen molar-refractivity contribution in [2.24, 2.45) is 0 Å². The molecule has 0 atom stereocenters. The van der Waals surface area contributed by atoms with Crippen molar-refractivity contribution < 1.29 is 4.58 Å². The van der Waals surface area contributed by atoms with Crippen LogP contribution in [0.5, 0.6) is 0 Å². The first-order chi connectivity index (χ1) is 6.74. The van der Waals surface area contributed by atoms with Crippen LogP contribution in [0, 0.1) is 0 Å². The van der Waals surface area contributed by atoms with Crippen LogP contribution in [0.3, 0.4) is 0 Å². The third kappa shape index (κ3) is 3.38. The Balaban J connectivity index is 2.93. The van der Waals surface area contributed by atoms with Crippen molar-refractivity contribution in [3.63, 3.8) is 0 Å². The molecule has 74 valence electrons. The zero-order valence-corrected chi connectivity index (χ0v) is 9.71. The van der Waals surface area contributed by atoms with Gasteiger partial charge in [0.15, 0.2) is 6.21 Å². The lowest BCUT2D eigenvalue weighted by Gasteiger charge is -2.01. The minimum absolute atomic E-state index is 1.28. The van der Waals surface area contributed by atoms with E-state index in [2.05, 4.69) is 42.8 Å². The number of thioether (sulfide) groups is 1. The first-order valence-corrected chi connectivity index (χ1v) is 5.77. The summed E-state index contributed by atoms with van der Waals surface area (Å²) in [6.07, 6.45) is 6.31. The van der Waals surface area contributed by atoms with Crippen molar-refractivity contribution in [2.45, 2.75) is 0 Å². The third-order valence-electron chi connectivity index (χ3n) is 1.80. The zero-order chi connectivity index (χ0) is 10.4. The lowest BCUT2D eigenvalue weighted by molar-refractivity contribution is -0.458. The summed E-state index contributed by atoms with van der Waals surface area (Å²) in [7, 11) is 4.05. The minimum atomic E-state index is 1.28. The molecule has 0 spiro atoms.